The smallest absolute Gasteiger partial charge is 0.164 e. The fourth-order valence-electron chi connectivity index (χ4n) is 7.69. The Morgan fingerprint density at radius 2 is 0.933 bits per heavy atom. The third-order valence-corrected chi connectivity index (χ3v) is 10.9. The van der Waals surface area contributed by atoms with E-state index in [1.165, 1.54) is 44.5 Å². The summed E-state index contributed by atoms with van der Waals surface area (Å²) in [5.41, 5.74) is 13.7. The lowest BCUT2D eigenvalue weighted by Gasteiger charge is -2.49. The highest BCUT2D eigenvalue weighted by Crippen LogP contribution is 2.61. The third-order valence-electron chi connectivity index (χ3n) is 10.9. The number of aromatic nitrogens is 3. The van der Waals surface area contributed by atoms with Gasteiger partial charge in [0.25, 0.3) is 0 Å². The molecule has 0 radical (unpaired) electrons. The second kappa shape index (κ2) is 9.55. The van der Waals surface area contributed by atoms with Crippen LogP contribution in [-0.2, 0) is 16.2 Å². The molecule has 2 aliphatic rings. The maximum Gasteiger partial charge on any atom is 0.164 e. The molecule has 0 aliphatic heterocycles. The van der Waals surface area contributed by atoms with E-state index in [0.29, 0.717) is 17.5 Å². The molecule has 5 aromatic carbocycles. The Morgan fingerprint density at radius 1 is 0.400 bits per heavy atom. The van der Waals surface area contributed by atoms with Crippen molar-refractivity contribution < 1.29 is 0 Å². The van der Waals surface area contributed by atoms with Crippen molar-refractivity contribution in [3.8, 4) is 56.4 Å². The normalized spacial score (nSPS) is 16.3. The number of hydrogen-bond acceptors (Lipinski definition) is 3. The van der Waals surface area contributed by atoms with E-state index >= 15 is 0 Å². The predicted molar refractivity (Wildman–Crippen MR) is 185 cm³/mol. The van der Waals surface area contributed by atoms with E-state index in [9.17, 15) is 0 Å². The minimum absolute atomic E-state index is 0.0366. The summed E-state index contributed by atoms with van der Waals surface area (Å²) < 4.78 is 0. The van der Waals surface area contributed by atoms with Gasteiger partial charge in [-0.1, -0.05) is 151 Å². The Kier molecular flexibility index (Phi) is 5.87. The number of fused-ring (bicyclic) bond motifs is 7. The van der Waals surface area contributed by atoms with Crippen molar-refractivity contribution in [3.63, 3.8) is 0 Å². The Balaban J connectivity index is 1.34. The quantitative estimate of drug-likeness (QED) is 0.208. The van der Waals surface area contributed by atoms with Crippen LogP contribution in [0.5, 0.6) is 0 Å². The van der Waals surface area contributed by atoms with Crippen molar-refractivity contribution in [1.29, 1.82) is 0 Å². The molecule has 0 saturated carbocycles. The highest BCUT2D eigenvalue weighted by atomic mass is 15.0. The molecule has 8 rings (SSSR count). The lowest BCUT2D eigenvalue weighted by molar-refractivity contribution is 0.299. The van der Waals surface area contributed by atoms with Gasteiger partial charge in [0.1, 0.15) is 0 Å². The molecule has 0 spiro atoms. The highest BCUT2D eigenvalue weighted by Gasteiger charge is 2.49. The van der Waals surface area contributed by atoms with Crippen LogP contribution in [-0.4, -0.2) is 15.0 Å². The standard InChI is InChI=1S/C42H37N3/c1-40(2)33-24-23-30-29-19-13-14-20-32(29)41(3,4)42(5,6)36(30)35(33)31-22-21-28(25-34(31)40)39-44-37(26-15-9-7-10-16-26)43-38(45-39)27-17-11-8-12-18-27/h7-25H,1-6H3. The van der Waals surface area contributed by atoms with Gasteiger partial charge in [-0.2, -0.15) is 0 Å². The van der Waals surface area contributed by atoms with Crippen LogP contribution in [0, 0.1) is 0 Å². The Hall–Kier alpha value is -4.89. The third kappa shape index (κ3) is 3.93. The molecule has 0 fully saturated rings. The molecule has 6 aromatic rings. The van der Waals surface area contributed by atoms with Gasteiger partial charge in [-0.3, -0.25) is 0 Å². The van der Waals surface area contributed by atoms with Crippen LogP contribution in [0.4, 0.5) is 0 Å². The van der Waals surface area contributed by atoms with Crippen molar-refractivity contribution >= 4 is 0 Å². The van der Waals surface area contributed by atoms with Gasteiger partial charge in [0.15, 0.2) is 17.5 Å². The molecule has 3 heteroatoms. The molecule has 2 aliphatic carbocycles. The van der Waals surface area contributed by atoms with Crippen LogP contribution in [0.3, 0.4) is 0 Å². The second-order valence-corrected chi connectivity index (χ2v) is 14.1. The molecule has 0 unspecified atom stereocenters. The first-order valence-electron chi connectivity index (χ1n) is 15.9. The SMILES string of the molecule is CC1(C)c2cc(-c3nc(-c4ccccc4)nc(-c4ccccc4)n3)ccc2-c2c1ccc1c2C(C)(C)C(C)(C)c2ccccc2-1. The van der Waals surface area contributed by atoms with Crippen LogP contribution in [0.15, 0.2) is 115 Å². The van der Waals surface area contributed by atoms with Gasteiger partial charge in [0.05, 0.1) is 0 Å². The topological polar surface area (TPSA) is 38.7 Å². The van der Waals surface area contributed by atoms with Gasteiger partial charge in [0, 0.05) is 27.5 Å². The Labute approximate surface area is 266 Å². The molecule has 1 aromatic heterocycles. The van der Waals surface area contributed by atoms with Gasteiger partial charge >= 0.3 is 0 Å². The van der Waals surface area contributed by atoms with E-state index in [1.807, 2.05) is 36.4 Å². The summed E-state index contributed by atoms with van der Waals surface area (Å²) in [7, 11) is 0. The number of benzene rings is 5. The summed E-state index contributed by atoms with van der Waals surface area (Å²) in [5.74, 6) is 2.05. The monoisotopic (exact) mass is 583 g/mol. The average molecular weight is 584 g/mol. The molecule has 220 valence electrons. The minimum atomic E-state index is -0.176. The number of nitrogens with zero attached hydrogens (tertiary/aromatic N) is 3. The lowest BCUT2D eigenvalue weighted by atomic mass is 9.54. The number of hydrogen-bond donors (Lipinski definition) is 0. The van der Waals surface area contributed by atoms with E-state index in [1.54, 1.807) is 0 Å². The van der Waals surface area contributed by atoms with Gasteiger partial charge in [0.2, 0.25) is 0 Å². The molecule has 0 N–H and O–H groups in total. The maximum atomic E-state index is 5.04. The maximum absolute atomic E-state index is 5.04. The zero-order valence-corrected chi connectivity index (χ0v) is 26.8. The van der Waals surface area contributed by atoms with Crippen LogP contribution in [0.25, 0.3) is 56.4 Å². The van der Waals surface area contributed by atoms with Crippen LogP contribution in [0.1, 0.15) is 63.8 Å². The largest absolute Gasteiger partial charge is 0.208 e. The van der Waals surface area contributed by atoms with Crippen LogP contribution < -0.4 is 0 Å². The first kappa shape index (κ1) is 27.6. The summed E-state index contributed by atoms with van der Waals surface area (Å²) in [6.45, 7) is 14.4. The zero-order valence-electron chi connectivity index (χ0n) is 26.8. The molecule has 0 saturated heterocycles. The summed E-state index contributed by atoms with van der Waals surface area (Å²) in [5, 5.41) is 0. The summed E-state index contributed by atoms with van der Waals surface area (Å²) in [6.07, 6.45) is 0. The van der Waals surface area contributed by atoms with E-state index in [2.05, 4.69) is 120 Å². The van der Waals surface area contributed by atoms with E-state index in [4.69, 9.17) is 15.0 Å². The lowest BCUT2D eigenvalue weighted by Crippen LogP contribution is -2.44. The van der Waals surface area contributed by atoms with Crippen LogP contribution in [0.2, 0.25) is 0 Å². The summed E-state index contributed by atoms with van der Waals surface area (Å²) >= 11 is 0. The molecular formula is C42H37N3. The van der Waals surface area contributed by atoms with Crippen molar-refractivity contribution in [2.24, 2.45) is 0 Å². The molecule has 3 nitrogen and oxygen atoms in total. The van der Waals surface area contributed by atoms with Gasteiger partial charge < -0.3 is 0 Å². The molecule has 0 amide bonds. The molecule has 0 atom stereocenters. The Morgan fingerprint density at radius 3 is 1.56 bits per heavy atom. The second-order valence-electron chi connectivity index (χ2n) is 14.1. The average Bonchev–Trinajstić information content (AvgIpc) is 3.30. The van der Waals surface area contributed by atoms with Crippen LogP contribution >= 0.6 is 0 Å². The minimum Gasteiger partial charge on any atom is -0.208 e. The summed E-state index contributed by atoms with van der Waals surface area (Å²) in [6, 6.07) is 41.0. The highest BCUT2D eigenvalue weighted by molar-refractivity contribution is 5.92. The number of rotatable bonds is 3. The molecular weight excluding hydrogens is 546 g/mol. The molecule has 1 heterocycles. The van der Waals surface area contributed by atoms with Crippen molar-refractivity contribution in [1.82, 2.24) is 15.0 Å². The first-order valence-corrected chi connectivity index (χ1v) is 15.9. The van der Waals surface area contributed by atoms with Crippen molar-refractivity contribution in [2.75, 3.05) is 0 Å². The van der Waals surface area contributed by atoms with E-state index < -0.39 is 0 Å². The van der Waals surface area contributed by atoms with Gasteiger partial charge in [-0.05, 0) is 56.0 Å². The zero-order chi connectivity index (χ0) is 31.1. The van der Waals surface area contributed by atoms with Crippen molar-refractivity contribution in [2.45, 2.75) is 57.8 Å². The van der Waals surface area contributed by atoms with Gasteiger partial charge in [-0.15, -0.1) is 0 Å². The van der Waals surface area contributed by atoms with Crippen molar-refractivity contribution in [3.05, 3.63) is 138 Å². The predicted octanol–water partition coefficient (Wildman–Crippen LogP) is 10.4. The summed E-state index contributed by atoms with van der Waals surface area (Å²) in [4.78, 5) is 15.0. The first-order chi connectivity index (χ1) is 21.6. The van der Waals surface area contributed by atoms with E-state index in [0.717, 1.165) is 16.7 Å². The molecule has 45 heavy (non-hydrogen) atoms. The van der Waals surface area contributed by atoms with E-state index in [-0.39, 0.29) is 16.2 Å². The van der Waals surface area contributed by atoms with Gasteiger partial charge in [-0.25, -0.2) is 15.0 Å². The molecule has 0 bridgehead atoms. The Bertz CT molecular complexity index is 2060. The fourth-order valence-corrected chi connectivity index (χ4v) is 7.69. The fraction of sp³-hybridized carbons (Fsp3) is 0.214.